The van der Waals surface area contributed by atoms with Crippen molar-refractivity contribution in [1.29, 1.82) is 0 Å². The van der Waals surface area contributed by atoms with Gasteiger partial charge < -0.3 is 9.64 Å². The molecule has 2 aromatic heterocycles. The number of aromatic nitrogens is 2. The van der Waals surface area contributed by atoms with Crippen LogP contribution >= 0.6 is 11.6 Å². The van der Waals surface area contributed by atoms with Crippen LogP contribution in [0.5, 0.6) is 0 Å². The van der Waals surface area contributed by atoms with Crippen molar-refractivity contribution in [2.75, 3.05) is 0 Å². The van der Waals surface area contributed by atoms with Gasteiger partial charge in [-0.1, -0.05) is 11.6 Å². The van der Waals surface area contributed by atoms with Crippen LogP contribution in [0.3, 0.4) is 0 Å². The summed E-state index contributed by atoms with van der Waals surface area (Å²) in [7, 11) is 0. The zero-order chi connectivity index (χ0) is 19.2. The second-order valence-corrected chi connectivity index (χ2v) is 8.79. The summed E-state index contributed by atoms with van der Waals surface area (Å²) < 4.78 is 5.64. The van der Waals surface area contributed by atoms with Crippen LogP contribution in [0.25, 0.3) is 11.1 Å². The van der Waals surface area contributed by atoms with Crippen LogP contribution in [-0.4, -0.2) is 38.6 Å². The smallest absolute Gasteiger partial charge is 0.410 e. The molecule has 2 bridgehead atoms. The molecule has 4 heterocycles. The lowest BCUT2D eigenvalue weighted by Gasteiger charge is -2.28. The molecule has 142 valence electrons. The first-order valence-corrected chi connectivity index (χ1v) is 9.78. The number of pyridine rings is 2. The van der Waals surface area contributed by atoms with Crippen molar-refractivity contribution in [3.8, 4) is 11.1 Å². The van der Waals surface area contributed by atoms with Gasteiger partial charge in [-0.05, 0) is 69.4 Å². The van der Waals surface area contributed by atoms with E-state index in [2.05, 4.69) is 16.0 Å². The molecule has 2 saturated heterocycles. The van der Waals surface area contributed by atoms with Crippen LogP contribution < -0.4 is 0 Å². The minimum Gasteiger partial charge on any atom is -0.444 e. The van der Waals surface area contributed by atoms with Gasteiger partial charge >= 0.3 is 6.09 Å². The Labute approximate surface area is 164 Å². The van der Waals surface area contributed by atoms with Gasteiger partial charge in [0.1, 0.15) is 10.8 Å². The molecule has 2 aromatic rings. The number of ether oxygens (including phenoxy) is 1. The Kier molecular flexibility index (Phi) is 4.58. The second-order valence-electron chi connectivity index (χ2n) is 8.40. The Balaban J connectivity index is 1.58. The van der Waals surface area contributed by atoms with Gasteiger partial charge in [0.25, 0.3) is 0 Å². The highest BCUT2D eigenvalue weighted by Crippen LogP contribution is 2.47. The number of hydrogen-bond donors (Lipinski definition) is 0. The summed E-state index contributed by atoms with van der Waals surface area (Å²) in [6.45, 7) is 5.73. The molecule has 0 aliphatic carbocycles. The monoisotopic (exact) mass is 385 g/mol. The maximum atomic E-state index is 12.7. The lowest BCUT2D eigenvalue weighted by atomic mass is 9.84. The van der Waals surface area contributed by atoms with Crippen molar-refractivity contribution in [1.82, 2.24) is 14.9 Å². The average Bonchev–Trinajstić information content (AvgIpc) is 3.19. The fourth-order valence-electron chi connectivity index (χ4n) is 4.35. The highest BCUT2D eigenvalue weighted by atomic mass is 35.5. The SMILES string of the molecule is CC(C)(C)OC(=O)N1C2CCC1C(c1cncc(-c3ccnc(Cl)c3)c1)C2. The maximum Gasteiger partial charge on any atom is 0.410 e. The van der Waals surface area contributed by atoms with E-state index in [0.717, 1.165) is 30.4 Å². The summed E-state index contributed by atoms with van der Waals surface area (Å²) in [6, 6.07) is 6.38. The standard InChI is InChI=1S/C21H24ClN3O2/c1-21(2,3)27-20(26)25-16-4-5-18(25)17(10-16)15-8-14(11-23-12-15)13-6-7-24-19(22)9-13/h6-9,11-12,16-18H,4-5,10H2,1-3H3. The Bertz CT molecular complexity index is 865. The Hall–Kier alpha value is -2.14. The van der Waals surface area contributed by atoms with Crippen molar-refractivity contribution in [3.05, 3.63) is 47.5 Å². The molecule has 3 unspecified atom stereocenters. The molecular formula is C21H24ClN3O2. The van der Waals surface area contributed by atoms with Gasteiger partial charge in [0.2, 0.25) is 0 Å². The third kappa shape index (κ3) is 3.65. The predicted octanol–water partition coefficient (Wildman–Crippen LogP) is 5.05. The molecule has 0 aromatic carbocycles. The fourth-order valence-corrected chi connectivity index (χ4v) is 4.52. The molecule has 1 amide bonds. The van der Waals surface area contributed by atoms with E-state index in [-0.39, 0.29) is 18.2 Å². The van der Waals surface area contributed by atoms with Gasteiger partial charge in [-0.25, -0.2) is 9.78 Å². The summed E-state index contributed by atoms with van der Waals surface area (Å²) >= 11 is 6.03. The molecule has 2 aliphatic rings. The van der Waals surface area contributed by atoms with Crippen molar-refractivity contribution in [2.45, 2.75) is 63.6 Å². The van der Waals surface area contributed by atoms with Crippen molar-refractivity contribution < 1.29 is 9.53 Å². The van der Waals surface area contributed by atoms with Gasteiger partial charge in [-0.3, -0.25) is 4.98 Å². The highest BCUT2D eigenvalue weighted by Gasteiger charge is 2.50. The first kappa shape index (κ1) is 18.2. The molecule has 2 fully saturated rings. The van der Waals surface area contributed by atoms with Crippen LogP contribution in [0.2, 0.25) is 5.15 Å². The Morgan fingerprint density at radius 1 is 1.22 bits per heavy atom. The first-order valence-electron chi connectivity index (χ1n) is 9.40. The number of nitrogens with zero attached hydrogens (tertiary/aromatic N) is 3. The first-order chi connectivity index (χ1) is 12.8. The van der Waals surface area contributed by atoms with Gasteiger partial charge in [0.15, 0.2) is 0 Å². The van der Waals surface area contributed by atoms with E-state index in [0.29, 0.717) is 11.1 Å². The summed E-state index contributed by atoms with van der Waals surface area (Å²) in [5.41, 5.74) is 2.71. The van der Waals surface area contributed by atoms with E-state index in [4.69, 9.17) is 16.3 Å². The van der Waals surface area contributed by atoms with Gasteiger partial charge in [0.05, 0.1) is 0 Å². The zero-order valence-corrected chi connectivity index (χ0v) is 16.6. The lowest BCUT2D eigenvalue weighted by molar-refractivity contribution is 0.0213. The second kappa shape index (κ2) is 6.79. The topological polar surface area (TPSA) is 55.3 Å². The van der Waals surface area contributed by atoms with Gasteiger partial charge in [-0.2, -0.15) is 0 Å². The normalized spacial score (nSPS) is 24.3. The molecule has 4 rings (SSSR count). The number of halogens is 1. The fraction of sp³-hybridized carbons (Fsp3) is 0.476. The molecule has 3 atom stereocenters. The summed E-state index contributed by atoms with van der Waals surface area (Å²) in [4.78, 5) is 23.1. The number of fused-ring (bicyclic) bond motifs is 2. The number of carbonyl (C=O) groups excluding carboxylic acids is 1. The summed E-state index contributed by atoms with van der Waals surface area (Å²) in [5, 5.41) is 0.467. The molecule has 2 aliphatic heterocycles. The van der Waals surface area contributed by atoms with Crippen LogP contribution in [-0.2, 0) is 4.74 Å². The largest absolute Gasteiger partial charge is 0.444 e. The predicted molar refractivity (Wildman–Crippen MR) is 105 cm³/mol. The minimum atomic E-state index is -0.476. The quantitative estimate of drug-likeness (QED) is 0.678. The van der Waals surface area contributed by atoms with E-state index < -0.39 is 5.60 Å². The molecule has 0 radical (unpaired) electrons. The minimum absolute atomic E-state index is 0.183. The number of hydrogen-bond acceptors (Lipinski definition) is 4. The Morgan fingerprint density at radius 3 is 2.78 bits per heavy atom. The van der Waals surface area contributed by atoms with Crippen LogP contribution in [0.15, 0.2) is 36.8 Å². The molecule has 6 heteroatoms. The lowest BCUT2D eigenvalue weighted by Crippen LogP contribution is -2.40. The van der Waals surface area contributed by atoms with E-state index in [9.17, 15) is 4.79 Å². The van der Waals surface area contributed by atoms with Crippen LogP contribution in [0, 0.1) is 0 Å². The molecule has 27 heavy (non-hydrogen) atoms. The molecular weight excluding hydrogens is 362 g/mol. The molecule has 0 spiro atoms. The van der Waals surface area contributed by atoms with Crippen LogP contribution in [0.4, 0.5) is 4.79 Å². The maximum absolute atomic E-state index is 12.7. The molecule has 0 N–H and O–H groups in total. The Morgan fingerprint density at radius 2 is 2.04 bits per heavy atom. The highest BCUT2D eigenvalue weighted by molar-refractivity contribution is 6.29. The summed E-state index contributed by atoms with van der Waals surface area (Å²) in [5.74, 6) is 0.293. The third-order valence-electron chi connectivity index (χ3n) is 5.39. The average molecular weight is 386 g/mol. The number of rotatable bonds is 2. The van der Waals surface area contributed by atoms with E-state index in [1.807, 2.05) is 50.2 Å². The molecule has 5 nitrogen and oxygen atoms in total. The number of amides is 1. The van der Waals surface area contributed by atoms with E-state index in [1.165, 1.54) is 5.56 Å². The van der Waals surface area contributed by atoms with Gasteiger partial charge in [0, 0.05) is 42.2 Å². The van der Waals surface area contributed by atoms with Crippen molar-refractivity contribution in [3.63, 3.8) is 0 Å². The van der Waals surface area contributed by atoms with Gasteiger partial charge in [-0.15, -0.1) is 0 Å². The van der Waals surface area contributed by atoms with Crippen LogP contribution in [0.1, 0.15) is 51.5 Å². The van der Waals surface area contributed by atoms with E-state index in [1.54, 1.807) is 6.20 Å². The number of carbonyl (C=O) groups is 1. The van der Waals surface area contributed by atoms with E-state index >= 15 is 0 Å². The van der Waals surface area contributed by atoms with Crippen molar-refractivity contribution in [2.24, 2.45) is 0 Å². The zero-order valence-electron chi connectivity index (χ0n) is 15.9. The molecule has 0 saturated carbocycles. The van der Waals surface area contributed by atoms with Crippen molar-refractivity contribution >= 4 is 17.7 Å². The third-order valence-corrected chi connectivity index (χ3v) is 5.60. The summed E-state index contributed by atoms with van der Waals surface area (Å²) in [6.07, 6.45) is 8.30.